The summed E-state index contributed by atoms with van der Waals surface area (Å²) in [6.45, 7) is -1.35. The lowest BCUT2D eigenvalue weighted by Crippen LogP contribution is -2.57. The third-order valence-electron chi connectivity index (χ3n) is 3.04. The van der Waals surface area contributed by atoms with E-state index >= 15 is 0 Å². The number of carbonyl (C=O) groups is 5. The van der Waals surface area contributed by atoms with Crippen molar-refractivity contribution in [3.63, 3.8) is 0 Å². The van der Waals surface area contributed by atoms with Crippen molar-refractivity contribution in [2.24, 2.45) is 5.73 Å². The highest BCUT2D eigenvalue weighted by molar-refractivity contribution is 7.80. The highest BCUT2D eigenvalue weighted by Crippen LogP contribution is 2.01. The average Bonchev–Trinajstić information content (AvgIpc) is 2.59. The van der Waals surface area contributed by atoms with E-state index in [4.69, 9.17) is 21.1 Å². The summed E-state index contributed by atoms with van der Waals surface area (Å²) in [6.07, 6.45) is -0.745. The summed E-state index contributed by atoms with van der Waals surface area (Å²) in [5.74, 6) is -5.25. The van der Waals surface area contributed by atoms with Gasteiger partial charge in [-0.1, -0.05) is 0 Å². The fourth-order valence-corrected chi connectivity index (χ4v) is 1.91. The summed E-state index contributed by atoms with van der Waals surface area (Å²) >= 11 is 3.89. The van der Waals surface area contributed by atoms with Gasteiger partial charge in [0.15, 0.2) is 0 Å². The first-order chi connectivity index (χ1) is 12.1. The molecule has 3 atom stereocenters. The van der Waals surface area contributed by atoms with Gasteiger partial charge in [0.05, 0.1) is 6.61 Å². The molecule has 3 unspecified atom stereocenters. The number of thiol groups is 1. The standard InChI is InChI=1S/C13H22N4O8S/c14-6(4-18)11(23)16-7(1-2-9(19)20)13(25)17-8(5-26)12(24)15-3-10(21)22/h6-8,18,26H,1-5,14H2,(H,15,24)(H,16,23)(H,17,25)(H,19,20)(H,21,22). The van der Waals surface area contributed by atoms with Crippen LogP contribution in [0.4, 0.5) is 0 Å². The molecule has 0 aromatic heterocycles. The molecule has 12 nitrogen and oxygen atoms in total. The second-order valence-corrected chi connectivity index (χ2v) is 5.50. The molecule has 8 N–H and O–H groups in total. The summed E-state index contributed by atoms with van der Waals surface area (Å²) in [7, 11) is 0. The first kappa shape index (κ1) is 23.6. The quantitative estimate of drug-likeness (QED) is 0.153. The number of aliphatic hydroxyl groups is 1. The topological polar surface area (TPSA) is 208 Å². The molecule has 0 aromatic rings. The Hall–Kier alpha value is -2.38. The van der Waals surface area contributed by atoms with Crippen LogP contribution in [0.15, 0.2) is 0 Å². The van der Waals surface area contributed by atoms with Crippen LogP contribution < -0.4 is 21.7 Å². The molecular formula is C13H22N4O8S. The fourth-order valence-electron chi connectivity index (χ4n) is 1.65. The maximum Gasteiger partial charge on any atom is 0.322 e. The second-order valence-electron chi connectivity index (χ2n) is 5.14. The van der Waals surface area contributed by atoms with Gasteiger partial charge in [-0.15, -0.1) is 0 Å². The van der Waals surface area contributed by atoms with Gasteiger partial charge in [-0.05, 0) is 6.42 Å². The molecule has 0 saturated carbocycles. The average molecular weight is 394 g/mol. The number of rotatable bonds is 12. The van der Waals surface area contributed by atoms with Crippen molar-refractivity contribution < 1.29 is 39.3 Å². The number of hydrogen-bond donors (Lipinski definition) is 8. The van der Waals surface area contributed by atoms with Gasteiger partial charge in [0.25, 0.3) is 0 Å². The van der Waals surface area contributed by atoms with Gasteiger partial charge in [-0.3, -0.25) is 24.0 Å². The predicted molar refractivity (Wildman–Crippen MR) is 90.3 cm³/mol. The maximum atomic E-state index is 12.3. The van der Waals surface area contributed by atoms with Gasteiger partial charge in [0, 0.05) is 12.2 Å². The number of aliphatic carboxylic acids is 2. The zero-order valence-electron chi connectivity index (χ0n) is 13.7. The van der Waals surface area contributed by atoms with E-state index in [1.54, 1.807) is 0 Å². The fraction of sp³-hybridized carbons (Fsp3) is 0.615. The van der Waals surface area contributed by atoms with E-state index in [0.717, 1.165) is 0 Å². The number of nitrogens with one attached hydrogen (secondary N) is 3. The minimum Gasteiger partial charge on any atom is -0.481 e. The van der Waals surface area contributed by atoms with Gasteiger partial charge in [-0.25, -0.2) is 0 Å². The van der Waals surface area contributed by atoms with Crippen LogP contribution in [0.5, 0.6) is 0 Å². The Labute approximate surface area is 153 Å². The molecule has 0 aliphatic heterocycles. The lowest BCUT2D eigenvalue weighted by molar-refractivity contribution is -0.138. The number of carboxylic acid groups (broad SMARTS) is 2. The highest BCUT2D eigenvalue weighted by Gasteiger charge is 2.28. The number of hydrogen-bond acceptors (Lipinski definition) is 8. The van der Waals surface area contributed by atoms with Crippen LogP contribution in [0.1, 0.15) is 12.8 Å². The summed E-state index contributed by atoms with van der Waals surface area (Å²) in [6, 6.07) is -3.85. The van der Waals surface area contributed by atoms with E-state index in [1.165, 1.54) is 0 Å². The Morgan fingerprint density at radius 3 is 1.96 bits per heavy atom. The van der Waals surface area contributed by atoms with Crippen LogP contribution in [0.3, 0.4) is 0 Å². The molecule has 0 spiro atoms. The highest BCUT2D eigenvalue weighted by atomic mass is 32.1. The van der Waals surface area contributed by atoms with Crippen molar-refractivity contribution in [2.45, 2.75) is 31.0 Å². The van der Waals surface area contributed by atoms with Crippen molar-refractivity contribution in [1.29, 1.82) is 0 Å². The molecule has 0 aromatic carbocycles. The zero-order chi connectivity index (χ0) is 20.3. The van der Waals surface area contributed by atoms with E-state index < -0.39 is 67.4 Å². The molecule has 0 saturated heterocycles. The lowest BCUT2D eigenvalue weighted by atomic mass is 10.1. The third-order valence-corrected chi connectivity index (χ3v) is 3.41. The van der Waals surface area contributed by atoms with E-state index in [9.17, 15) is 24.0 Å². The molecule has 26 heavy (non-hydrogen) atoms. The first-order valence-corrected chi connectivity index (χ1v) is 8.04. The SMILES string of the molecule is NC(CO)C(=O)NC(CCC(=O)O)C(=O)NC(CS)C(=O)NCC(=O)O. The minimum atomic E-state index is -1.33. The number of nitrogens with two attached hydrogens (primary N) is 1. The first-order valence-electron chi connectivity index (χ1n) is 7.41. The van der Waals surface area contributed by atoms with E-state index in [2.05, 4.69) is 28.6 Å². The molecule has 0 rings (SSSR count). The molecule has 0 radical (unpaired) electrons. The smallest absolute Gasteiger partial charge is 0.322 e. The summed E-state index contributed by atoms with van der Waals surface area (Å²) in [5, 5.41) is 32.6. The van der Waals surface area contributed by atoms with Crippen LogP contribution in [-0.2, 0) is 24.0 Å². The zero-order valence-corrected chi connectivity index (χ0v) is 14.6. The van der Waals surface area contributed by atoms with Crippen molar-refractivity contribution in [3.05, 3.63) is 0 Å². The summed E-state index contributed by atoms with van der Waals surface area (Å²) in [4.78, 5) is 56.9. The summed E-state index contributed by atoms with van der Waals surface area (Å²) < 4.78 is 0. The van der Waals surface area contributed by atoms with Crippen LogP contribution in [0, 0.1) is 0 Å². The number of carboxylic acids is 2. The predicted octanol–water partition coefficient (Wildman–Crippen LogP) is -3.73. The van der Waals surface area contributed by atoms with Gasteiger partial charge >= 0.3 is 11.9 Å². The lowest BCUT2D eigenvalue weighted by Gasteiger charge is -2.22. The molecule has 148 valence electrons. The minimum absolute atomic E-state index is 0.174. The molecule has 0 heterocycles. The van der Waals surface area contributed by atoms with Crippen molar-refractivity contribution in [3.8, 4) is 0 Å². The van der Waals surface area contributed by atoms with Crippen LogP contribution in [0.2, 0.25) is 0 Å². The van der Waals surface area contributed by atoms with E-state index in [1.807, 2.05) is 0 Å². The number of carbonyl (C=O) groups excluding carboxylic acids is 3. The van der Waals surface area contributed by atoms with Crippen LogP contribution >= 0.6 is 12.6 Å². The largest absolute Gasteiger partial charge is 0.481 e. The van der Waals surface area contributed by atoms with Gasteiger partial charge in [-0.2, -0.15) is 12.6 Å². The number of amides is 3. The molecule has 13 heteroatoms. The van der Waals surface area contributed by atoms with Gasteiger partial charge in [0.1, 0.15) is 24.7 Å². The molecule has 3 amide bonds. The second kappa shape index (κ2) is 12.1. The normalized spacial score (nSPS) is 13.8. The Morgan fingerprint density at radius 1 is 0.923 bits per heavy atom. The molecule has 0 aliphatic carbocycles. The van der Waals surface area contributed by atoms with Gasteiger partial charge < -0.3 is 37.0 Å². The summed E-state index contributed by atoms with van der Waals surface area (Å²) in [5.41, 5.74) is 5.32. The van der Waals surface area contributed by atoms with Crippen molar-refractivity contribution in [1.82, 2.24) is 16.0 Å². The van der Waals surface area contributed by atoms with Crippen LogP contribution in [0.25, 0.3) is 0 Å². The molecule has 0 bridgehead atoms. The number of aliphatic hydroxyl groups excluding tert-OH is 1. The Balaban J connectivity index is 5.00. The van der Waals surface area contributed by atoms with E-state index in [0.29, 0.717) is 0 Å². The third kappa shape index (κ3) is 9.19. The van der Waals surface area contributed by atoms with Crippen molar-refractivity contribution in [2.75, 3.05) is 18.9 Å². The van der Waals surface area contributed by atoms with Crippen molar-refractivity contribution >= 4 is 42.3 Å². The van der Waals surface area contributed by atoms with Gasteiger partial charge in [0.2, 0.25) is 17.7 Å². The Bertz CT molecular complexity index is 544. The monoisotopic (exact) mass is 394 g/mol. The molecule has 0 fully saturated rings. The molecule has 0 aliphatic rings. The Kier molecular flexibility index (Phi) is 10.9. The maximum absolute atomic E-state index is 12.3. The van der Waals surface area contributed by atoms with E-state index in [-0.39, 0.29) is 12.2 Å². The molecular weight excluding hydrogens is 372 g/mol. The van der Waals surface area contributed by atoms with Crippen LogP contribution in [-0.4, -0.2) is 82.0 Å². The Morgan fingerprint density at radius 2 is 1.50 bits per heavy atom.